The number of nitrogens with zero attached hydrogens (tertiary/aromatic N) is 3. The van der Waals surface area contributed by atoms with Gasteiger partial charge in [0, 0.05) is 32.0 Å². The first-order valence-corrected chi connectivity index (χ1v) is 9.95. The van der Waals surface area contributed by atoms with Crippen LogP contribution in [0, 0.1) is 11.8 Å². The number of likely N-dealkylation sites (tertiary alicyclic amines) is 1. The Morgan fingerprint density at radius 2 is 2.13 bits per heavy atom. The summed E-state index contributed by atoms with van der Waals surface area (Å²) in [4.78, 5) is 37.6. The van der Waals surface area contributed by atoms with Crippen LogP contribution in [0.5, 0.6) is 0 Å². The average Bonchev–Trinajstić information content (AvgIpc) is 3.30. The molecule has 0 unspecified atom stereocenters. The van der Waals surface area contributed by atoms with Gasteiger partial charge in [-0.05, 0) is 25.1 Å². The molecule has 0 radical (unpaired) electrons. The highest BCUT2D eigenvalue weighted by Gasteiger charge is 2.42. The molecule has 2 aromatic rings. The van der Waals surface area contributed by atoms with E-state index in [9.17, 15) is 19.5 Å². The van der Waals surface area contributed by atoms with E-state index < -0.39 is 17.5 Å². The molecule has 0 saturated carbocycles. The van der Waals surface area contributed by atoms with Crippen LogP contribution in [-0.2, 0) is 14.3 Å². The number of hydrogen-bond donors (Lipinski definition) is 2. The number of ether oxygens (including phenoxy) is 1. The summed E-state index contributed by atoms with van der Waals surface area (Å²) in [7, 11) is 1.62. The van der Waals surface area contributed by atoms with E-state index in [2.05, 4.69) is 22.3 Å². The first-order chi connectivity index (χ1) is 14.8. The molecule has 0 spiro atoms. The number of nitrogens with one attached hydrogen (secondary N) is 1. The van der Waals surface area contributed by atoms with Crippen LogP contribution in [0.25, 0.3) is 5.69 Å². The van der Waals surface area contributed by atoms with Crippen molar-refractivity contribution in [2.75, 3.05) is 25.5 Å². The van der Waals surface area contributed by atoms with Gasteiger partial charge in [-0.2, -0.15) is 5.10 Å². The fourth-order valence-electron chi connectivity index (χ4n) is 3.06. The molecule has 9 nitrogen and oxygen atoms in total. The van der Waals surface area contributed by atoms with Crippen molar-refractivity contribution in [1.82, 2.24) is 14.7 Å². The lowest BCUT2D eigenvalue weighted by atomic mass is 10.0. The van der Waals surface area contributed by atoms with E-state index in [0.29, 0.717) is 17.8 Å². The molecule has 0 bridgehead atoms. The second-order valence-corrected chi connectivity index (χ2v) is 7.10. The summed E-state index contributed by atoms with van der Waals surface area (Å²) >= 11 is 0. The lowest BCUT2D eigenvalue weighted by Gasteiger charge is -2.13. The van der Waals surface area contributed by atoms with Gasteiger partial charge in [0.05, 0.1) is 24.2 Å². The Hall–Kier alpha value is -3.64. The van der Waals surface area contributed by atoms with Gasteiger partial charge in [0.2, 0.25) is 11.5 Å². The van der Waals surface area contributed by atoms with Gasteiger partial charge in [0.15, 0.2) is 5.69 Å². The molecule has 31 heavy (non-hydrogen) atoms. The molecule has 2 amide bonds. The van der Waals surface area contributed by atoms with E-state index in [4.69, 9.17) is 4.74 Å². The number of likely N-dealkylation sites (N-methyl/N-ethyl adjacent to an activating group) is 1. The summed E-state index contributed by atoms with van der Waals surface area (Å²) in [5, 5.41) is 17.4. The molecule has 1 fully saturated rings. The van der Waals surface area contributed by atoms with Crippen LogP contribution in [0.1, 0.15) is 42.7 Å². The number of rotatable bonds is 5. The van der Waals surface area contributed by atoms with E-state index in [-0.39, 0.29) is 36.7 Å². The highest BCUT2D eigenvalue weighted by molar-refractivity contribution is 5.99. The van der Waals surface area contributed by atoms with Crippen LogP contribution in [0.3, 0.4) is 0 Å². The highest BCUT2D eigenvalue weighted by Crippen LogP contribution is 2.22. The molecular weight excluding hydrogens is 400 g/mol. The maximum atomic E-state index is 12.3. The summed E-state index contributed by atoms with van der Waals surface area (Å²) in [6.07, 6.45) is 2.02. The summed E-state index contributed by atoms with van der Waals surface area (Å²) in [6, 6.07) is 6.93. The first kappa shape index (κ1) is 22.1. The van der Waals surface area contributed by atoms with Crippen LogP contribution in [-0.4, -0.2) is 63.4 Å². The number of carbonyl (C=O) groups excluding carboxylic acids is 3. The fraction of sp³-hybridized carbons (Fsp3) is 0.364. The fourth-order valence-corrected chi connectivity index (χ4v) is 3.06. The molecule has 2 N–H and O–H groups in total. The Morgan fingerprint density at radius 1 is 1.35 bits per heavy atom. The Kier molecular flexibility index (Phi) is 6.42. The lowest BCUT2D eigenvalue weighted by Crippen LogP contribution is -2.37. The second-order valence-electron chi connectivity index (χ2n) is 7.10. The molecule has 3 rings (SSSR count). The van der Waals surface area contributed by atoms with Crippen molar-refractivity contribution in [2.24, 2.45) is 0 Å². The van der Waals surface area contributed by atoms with Gasteiger partial charge in [-0.15, -0.1) is 0 Å². The molecular formula is C22H24N4O5. The Morgan fingerprint density at radius 3 is 2.77 bits per heavy atom. The standard InChI is InChI=1S/C22H24N4O5/c1-4-18(27)23-17-14-26(24-19(17)20(28)31-5-2)16-8-6-7-15(13-16)9-10-22(30)11-12-25(3)21(22)29/h6-8,13-14,30H,4-5,11-12H2,1-3H3,(H,23,27)/t22-/m0/s1. The number of anilines is 1. The number of hydrogen-bond acceptors (Lipinski definition) is 6. The van der Waals surface area contributed by atoms with Crippen LogP contribution >= 0.6 is 0 Å². The summed E-state index contributed by atoms with van der Waals surface area (Å²) < 4.78 is 6.47. The van der Waals surface area contributed by atoms with Gasteiger partial charge in [-0.1, -0.05) is 24.8 Å². The van der Waals surface area contributed by atoms with Gasteiger partial charge in [0.25, 0.3) is 5.91 Å². The lowest BCUT2D eigenvalue weighted by molar-refractivity contribution is -0.137. The predicted octanol–water partition coefficient (Wildman–Crippen LogP) is 1.34. The number of carbonyl (C=O) groups is 3. The largest absolute Gasteiger partial charge is 0.461 e. The Labute approximate surface area is 180 Å². The van der Waals surface area contributed by atoms with Crippen molar-refractivity contribution in [3.63, 3.8) is 0 Å². The van der Waals surface area contributed by atoms with E-state index in [1.54, 1.807) is 45.2 Å². The molecule has 0 aliphatic carbocycles. The third-order valence-electron chi connectivity index (χ3n) is 4.81. The third-order valence-corrected chi connectivity index (χ3v) is 4.81. The van der Waals surface area contributed by atoms with E-state index in [0.717, 1.165) is 0 Å². The minimum Gasteiger partial charge on any atom is -0.461 e. The third kappa shape index (κ3) is 4.75. The number of aromatic nitrogens is 2. The minimum absolute atomic E-state index is 0.00552. The molecule has 1 aliphatic heterocycles. The average molecular weight is 424 g/mol. The summed E-state index contributed by atoms with van der Waals surface area (Å²) in [5.41, 5.74) is -0.313. The number of aliphatic hydroxyl groups is 1. The zero-order chi connectivity index (χ0) is 22.6. The van der Waals surface area contributed by atoms with Crippen LogP contribution in [0.4, 0.5) is 5.69 Å². The number of esters is 1. The maximum Gasteiger partial charge on any atom is 0.361 e. The van der Waals surface area contributed by atoms with Crippen molar-refractivity contribution < 1.29 is 24.2 Å². The molecule has 1 saturated heterocycles. The van der Waals surface area contributed by atoms with Crippen molar-refractivity contribution in [3.8, 4) is 17.5 Å². The highest BCUT2D eigenvalue weighted by atomic mass is 16.5. The molecule has 1 aliphatic rings. The predicted molar refractivity (Wildman–Crippen MR) is 113 cm³/mol. The normalized spacial score (nSPS) is 17.8. The number of amides is 2. The van der Waals surface area contributed by atoms with Gasteiger partial charge in [-0.3, -0.25) is 9.59 Å². The van der Waals surface area contributed by atoms with Crippen molar-refractivity contribution in [3.05, 3.63) is 41.7 Å². The topological polar surface area (TPSA) is 114 Å². The Balaban J connectivity index is 1.93. The quantitative estimate of drug-likeness (QED) is 0.553. The smallest absolute Gasteiger partial charge is 0.361 e. The van der Waals surface area contributed by atoms with Crippen LogP contribution in [0.15, 0.2) is 30.5 Å². The minimum atomic E-state index is -1.69. The van der Waals surface area contributed by atoms with E-state index in [1.165, 1.54) is 15.8 Å². The van der Waals surface area contributed by atoms with Gasteiger partial charge < -0.3 is 20.1 Å². The van der Waals surface area contributed by atoms with Crippen molar-refractivity contribution in [1.29, 1.82) is 0 Å². The summed E-state index contributed by atoms with van der Waals surface area (Å²) in [6.45, 7) is 4.00. The molecule has 1 atom stereocenters. The first-order valence-electron chi connectivity index (χ1n) is 9.95. The molecule has 162 valence electrons. The summed E-state index contributed by atoms with van der Waals surface area (Å²) in [5.74, 6) is 4.19. The zero-order valence-electron chi connectivity index (χ0n) is 17.6. The SMILES string of the molecule is CCOC(=O)c1nn(-c2cccc(C#C[C@]3(O)CCN(C)C3=O)c2)cc1NC(=O)CC. The van der Waals surface area contributed by atoms with E-state index in [1.807, 2.05) is 0 Å². The van der Waals surface area contributed by atoms with Gasteiger partial charge in [-0.25, -0.2) is 9.48 Å². The van der Waals surface area contributed by atoms with E-state index >= 15 is 0 Å². The molecule has 2 heterocycles. The van der Waals surface area contributed by atoms with Crippen molar-refractivity contribution in [2.45, 2.75) is 32.3 Å². The van der Waals surface area contributed by atoms with Crippen LogP contribution < -0.4 is 5.32 Å². The number of benzene rings is 1. The second kappa shape index (κ2) is 9.02. The maximum absolute atomic E-state index is 12.3. The van der Waals surface area contributed by atoms with Gasteiger partial charge in [0.1, 0.15) is 0 Å². The molecule has 9 heteroatoms. The van der Waals surface area contributed by atoms with Gasteiger partial charge >= 0.3 is 5.97 Å². The molecule has 1 aromatic carbocycles. The molecule has 1 aromatic heterocycles. The zero-order valence-corrected chi connectivity index (χ0v) is 17.6. The monoisotopic (exact) mass is 424 g/mol. The van der Waals surface area contributed by atoms with Crippen LogP contribution in [0.2, 0.25) is 0 Å². The van der Waals surface area contributed by atoms with Crippen molar-refractivity contribution >= 4 is 23.5 Å². The Bertz CT molecular complexity index is 1080.